The van der Waals surface area contributed by atoms with Crippen molar-refractivity contribution >= 4 is 15.7 Å². The summed E-state index contributed by atoms with van der Waals surface area (Å²) in [4.78, 5) is 3.14. The Morgan fingerprint density at radius 1 is 1.14 bits per heavy atom. The van der Waals surface area contributed by atoms with Gasteiger partial charge in [0.15, 0.2) is 5.82 Å². The first kappa shape index (κ1) is 15.3. The maximum absolute atomic E-state index is 14.2. The fraction of sp³-hybridized carbons (Fsp3) is 0.154. The lowest BCUT2D eigenvalue weighted by Crippen LogP contribution is -2.17. The predicted molar refractivity (Wildman–Crippen MR) is 74.2 cm³/mol. The zero-order valence-corrected chi connectivity index (χ0v) is 11.9. The summed E-state index contributed by atoms with van der Waals surface area (Å²) in [6.07, 6.45) is 2.79. The van der Waals surface area contributed by atoms with Crippen LogP contribution in [0, 0.1) is 11.6 Å². The summed E-state index contributed by atoms with van der Waals surface area (Å²) in [6, 6.07) is 4.67. The van der Waals surface area contributed by atoms with E-state index in [-0.39, 0.29) is 17.8 Å². The van der Waals surface area contributed by atoms with Gasteiger partial charge in [-0.25, -0.2) is 17.2 Å². The van der Waals surface area contributed by atoms with Crippen LogP contribution in [0.5, 0.6) is 0 Å². The van der Waals surface area contributed by atoms with Crippen molar-refractivity contribution in [3.05, 3.63) is 53.9 Å². The summed E-state index contributed by atoms with van der Waals surface area (Å²) in [6.45, 7) is -0.115. The summed E-state index contributed by atoms with van der Waals surface area (Å²) < 4.78 is 54.3. The molecule has 21 heavy (non-hydrogen) atoms. The molecule has 0 aliphatic heterocycles. The molecule has 0 amide bonds. The van der Waals surface area contributed by atoms with Crippen LogP contribution in [0.2, 0.25) is 0 Å². The molecule has 1 aromatic carbocycles. The summed E-state index contributed by atoms with van der Waals surface area (Å²) in [5.41, 5.74) is -0.0843. The van der Waals surface area contributed by atoms with Gasteiger partial charge in [0.2, 0.25) is 0 Å². The molecule has 0 saturated heterocycles. The van der Waals surface area contributed by atoms with E-state index < -0.39 is 26.6 Å². The van der Waals surface area contributed by atoms with E-state index in [1.54, 1.807) is 0 Å². The van der Waals surface area contributed by atoms with Crippen LogP contribution >= 0.6 is 0 Å². The minimum Gasteiger partial charge on any atom is -0.315 e. The van der Waals surface area contributed by atoms with Crippen LogP contribution in [-0.2, 0) is 16.6 Å². The largest absolute Gasteiger partial charge is 0.315 e. The third-order valence-electron chi connectivity index (χ3n) is 2.73. The summed E-state index contributed by atoms with van der Waals surface area (Å²) in [5.74, 6) is -1.91. The Morgan fingerprint density at radius 2 is 1.81 bits per heavy atom. The van der Waals surface area contributed by atoms with Crippen molar-refractivity contribution in [3.63, 3.8) is 0 Å². The van der Waals surface area contributed by atoms with Crippen LogP contribution in [0.3, 0.4) is 0 Å². The highest BCUT2D eigenvalue weighted by Gasteiger charge is 2.23. The highest BCUT2D eigenvalue weighted by atomic mass is 32.2. The molecule has 1 aromatic heterocycles. The average Bonchev–Trinajstić information content (AvgIpc) is 2.43. The molecule has 0 radical (unpaired) electrons. The smallest absolute Gasteiger partial charge is 0.264 e. The van der Waals surface area contributed by atoms with Crippen molar-refractivity contribution in [2.75, 3.05) is 11.8 Å². The van der Waals surface area contributed by atoms with E-state index in [9.17, 15) is 17.2 Å². The molecule has 2 N–H and O–H groups in total. The average molecular weight is 313 g/mol. The molecule has 5 nitrogen and oxygen atoms in total. The molecule has 0 bridgehead atoms. The lowest BCUT2D eigenvalue weighted by Gasteiger charge is -2.11. The second kappa shape index (κ2) is 6.15. The van der Waals surface area contributed by atoms with Gasteiger partial charge in [-0.1, -0.05) is 0 Å². The number of anilines is 1. The molecule has 0 spiro atoms. The number of hydrogen-bond acceptors (Lipinski definition) is 4. The highest BCUT2D eigenvalue weighted by Crippen LogP contribution is 2.23. The molecular weight excluding hydrogens is 300 g/mol. The zero-order valence-electron chi connectivity index (χ0n) is 11.1. The zero-order chi connectivity index (χ0) is 15.5. The van der Waals surface area contributed by atoms with Gasteiger partial charge in [-0.3, -0.25) is 9.71 Å². The number of pyridine rings is 1. The lowest BCUT2D eigenvalue weighted by atomic mass is 10.2. The van der Waals surface area contributed by atoms with Gasteiger partial charge < -0.3 is 5.32 Å². The van der Waals surface area contributed by atoms with E-state index >= 15 is 0 Å². The van der Waals surface area contributed by atoms with E-state index in [2.05, 4.69) is 15.0 Å². The van der Waals surface area contributed by atoms with E-state index in [0.29, 0.717) is 0 Å². The Balaban J connectivity index is 2.43. The van der Waals surface area contributed by atoms with Crippen molar-refractivity contribution in [1.29, 1.82) is 0 Å². The quantitative estimate of drug-likeness (QED) is 0.884. The fourth-order valence-corrected chi connectivity index (χ4v) is 2.92. The number of halogens is 2. The number of rotatable bonds is 5. The van der Waals surface area contributed by atoms with Gasteiger partial charge in [-0.15, -0.1) is 0 Å². The van der Waals surface area contributed by atoms with Crippen LogP contribution in [-0.4, -0.2) is 20.4 Å². The Bertz CT molecular complexity index is 737. The van der Waals surface area contributed by atoms with Crippen molar-refractivity contribution in [3.8, 4) is 0 Å². The molecule has 8 heteroatoms. The molecule has 0 unspecified atom stereocenters. The molecule has 0 atom stereocenters. The monoisotopic (exact) mass is 313 g/mol. The Hall–Kier alpha value is -2.06. The maximum atomic E-state index is 14.2. The molecule has 0 aliphatic rings. The third-order valence-corrected chi connectivity index (χ3v) is 4.12. The van der Waals surface area contributed by atoms with E-state index in [1.165, 1.54) is 31.6 Å². The molecule has 1 heterocycles. The van der Waals surface area contributed by atoms with Gasteiger partial charge in [-0.2, -0.15) is 0 Å². The molecule has 2 aromatic rings. The molecular formula is C13H13F2N3O2S. The topological polar surface area (TPSA) is 71.1 Å². The van der Waals surface area contributed by atoms with Crippen LogP contribution in [0.4, 0.5) is 14.5 Å². The van der Waals surface area contributed by atoms with E-state index in [1.807, 2.05) is 0 Å². The summed E-state index contributed by atoms with van der Waals surface area (Å²) in [5, 5.41) is 2.59. The lowest BCUT2D eigenvalue weighted by molar-refractivity contribution is 0.522. The van der Waals surface area contributed by atoms with E-state index in [4.69, 9.17) is 0 Å². The molecule has 0 fully saturated rings. The molecule has 112 valence electrons. The first-order chi connectivity index (χ1) is 9.95. The standard InChI is InChI=1S/C13H13F2N3O2S/c1-16-8-10-11(14)2-3-12(13(10)15)21(19,20)18-9-4-6-17-7-5-9/h2-7,16H,8H2,1H3,(H,17,18). The molecule has 0 saturated carbocycles. The Morgan fingerprint density at radius 3 is 2.43 bits per heavy atom. The number of sulfonamides is 1. The van der Waals surface area contributed by atoms with Crippen LogP contribution in [0.15, 0.2) is 41.6 Å². The van der Waals surface area contributed by atoms with Gasteiger partial charge in [0.05, 0.1) is 5.69 Å². The van der Waals surface area contributed by atoms with Gasteiger partial charge in [-0.05, 0) is 31.3 Å². The van der Waals surface area contributed by atoms with Gasteiger partial charge >= 0.3 is 0 Å². The number of nitrogens with one attached hydrogen (secondary N) is 2. The van der Waals surface area contributed by atoms with Crippen molar-refractivity contribution in [2.45, 2.75) is 11.4 Å². The van der Waals surface area contributed by atoms with Crippen LogP contribution < -0.4 is 10.0 Å². The number of nitrogens with zero attached hydrogens (tertiary/aromatic N) is 1. The highest BCUT2D eigenvalue weighted by molar-refractivity contribution is 7.92. The summed E-state index contributed by atoms with van der Waals surface area (Å²) in [7, 11) is -2.64. The van der Waals surface area contributed by atoms with Gasteiger partial charge in [0.1, 0.15) is 10.7 Å². The normalized spacial score (nSPS) is 11.4. The Kier molecular flexibility index (Phi) is 4.49. The fourth-order valence-electron chi connectivity index (χ4n) is 1.75. The van der Waals surface area contributed by atoms with Crippen molar-refractivity contribution < 1.29 is 17.2 Å². The SMILES string of the molecule is CNCc1c(F)ccc(S(=O)(=O)Nc2ccncc2)c1F. The first-order valence-electron chi connectivity index (χ1n) is 6.00. The van der Waals surface area contributed by atoms with Crippen molar-refractivity contribution in [1.82, 2.24) is 10.3 Å². The second-order valence-electron chi connectivity index (χ2n) is 4.21. The first-order valence-corrected chi connectivity index (χ1v) is 7.48. The van der Waals surface area contributed by atoms with Gasteiger partial charge in [0.25, 0.3) is 10.0 Å². The second-order valence-corrected chi connectivity index (χ2v) is 5.86. The third kappa shape index (κ3) is 3.34. The molecule has 0 aliphatic carbocycles. The number of benzene rings is 1. The Labute approximate surface area is 121 Å². The predicted octanol–water partition coefficient (Wildman–Crippen LogP) is 1.88. The summed E-state index contributed by atoms with van der Waals surface area (Å²) >= 11 is 0. The maximum Gasteiger partial charge on any atom is 0.264 e. The number of aromatic nitrogens is 1. The number of hydrogen-bond donors (Lipinski definition) is 2. The van der Waals surface area contributed by atoms with Gasteiger partial charge in [0, 0.05) is 24.5 Å². The molecule has 2 rings (SSSR count). The minimum atomic E-state index is -4.15. The van der Waals surface area contributed by atoms with E-state index in [0.717, 1.165) is 12.1 Å². The van der Waals surface area contributed by atoms with Crippen LogP contribution in [0.1, 0.15) is 5.56 Å². The minimum absolute atomic E-state index is 0.115. The van der Waals surface area contributed by atoms with Crippen LogP contribution in [0.25, 0.3) is 0 Å². The van der Waals surface area contributed by atoms with Crippen molar-refractivity contribution in [2.24, 2.45) is 0 Å².